The molecule has 1 aromatic carbocycles. The molecule has 1 saturated heterocycles. The van der Waals surface area contributed by atoms with E-state index < -0.39 is 10.0 Å². The quantitative estimate of drug-likeness (QED) is 0.845. The van der Waals surface area contributed by atoms with E-state index in [1.807, 2.05) is 12.1 Å². The number of hydrogen-bond donors (Lipinski definition) is 0. The van der Waals surface area contributed by atoms with E-state index in [1.165, 1.54) is 10.6 Å². The third-order valence-electron chi connectivity index (χ3n) is 3.51. The summed E-state index contributed by atoms with van der Waals surface area (Å²) in [4.78, 5) is 2.26. The van der Waals surface area contributed by atoms with Gasteiger partial charge in [-0.05, 0) is 24.1 Å². The van der Waals surface area contributed by atoms with Crippen molar-refractivity contribution in [2.45, 2.75) is 6.42 Å². The Kier molecular flexibility index (Phi) is 5.31. The van der Waals surface area contributed by atoms with Gasteiger partial charge < -0.3 is 4.90 Å². The zero-order chi connectivity index (χ0) is 14.8. The highest BCUT2D eigenvalue weighted by molar-refractivity contribution is 7.88. The molecule has 1 fully saturated rings. The van der Waals surface area contributed by atoms with E-state index in [2.05, 4.69) is 4.90 Å². The predicted octanol–water partition coefficient (Wildman–Crippen LogP) is 2.11. The summed E-state index contributed by atoms with van der Waals surface area (Å²) in [6, 6.07) is 5.53. The van der Waals surface area contributed by atoms with Crippen molar-refractivity contribution in [2.75, 3.05) is 39.0 Å². The number of nitrogens with zero attached hydrogens (tertiary/aromatic N) is 2. The third kappa shape index (κ3) is 4.33. The fourth-order valence-corrected chi connectivity index (χ4v) is 3.62. The SMILES string of the molecule is CS(=O)(=O)N1CCN(CCc2ccc(Cl)cc2Cl)CC1. The molecule has 0 aromatic heterocycles. The summed E-state index contributed by atoms with van der Waals surface area (Å²) in [5.41, 5.74) is 1.07. The average Bonchev–Trinajstić information content (AvgIpc) is 2.37. The molecule has 0 amide bonds. The molecule has 7 heteroatoms. The van der Waals surface area contributed by atoms with Crippen LogP contribution < -0.4 is 0 Å². The first-order chi connectivity index (χ1) is 9.36. The second-order valence-corrected chi connectivity index (χ2v) is 7.82. The zero-order valence-electron chi connectivity index (χ0n) is 11.3. The molecule has 0 saturated carbocycles. The molecule has 1 aliphatic rings. The summed E-state index contributed by atoms with van der Waals surface area (Å²) >= 11 is 12.0. The summed E-state index contributed by atoms with van der Waals surface area (Å²) in [6.45, 7) is 3.52. The van der Waals surface area contributed by atoms with Gasteiger partial charge in [0.25, 0.3) is 0 Å². The topological polar surface area (TPSA) is 40.6 Å². The molecule has 112 valence electrons. The van der Waals surface area contributed by atoms with Gasteiger partial charge in [0.15, 0.2) is 0 Å². The molecule has 0 bridgehead atoms. The molecule has 0 spiro atoms. The molecule has 0 unspecified atom stereocenters. The van der Waals surface area contributed by atoms with E-state index >= 15 is 0 Å². The molecule has 0 atom stereocenters. The summed E-state index contributed by atoms with van der Waals surface area (Å²) in [5, 5.41) is 1.33. The second-order valence-electron chi connectivity index (χ2n) is 4.99. The molecular formula is C13H18Cl2N2O2S. The van der Waals surface area contributed by atoms with Gasteiger partial charge in [-0.3, -0.25) is 0 Å². The lowest BCUT2D eigenvalue weighted by molar-refractivity contribution is 0.191. The minimum atomic E-state index is -3.06. The van der Waals surface area contributed by atoms with Crippen LogP contribution in [0.2, 0.25) is 10.0 Å². The molecule has 0 radical (unpaired) electrons. The zero-order valence-corrected chi connectivity index (χ0v) is 13.7. The van der Waals surface area contributed by atoms with Crippen molar-refractivity contribution in [3.8, 4) is 0 Å². The Labute approximate surface area is 130 Å². The monoisotopic (exact) mass is 336 g/mol. The molecular weight excluding hydrogens is 319 g/mol. The number of hydrogen-bond acceptors (Lipinski definition) is 3. The van der Waals surface area contributed by atoms with Crippen LogP contribution in [-0.2, 0) is 16.4 Å². The number of rotatable bonds is 4. The van der Waals surface area contributed by atoms with Gasteiger partial charge >= 0.3 is 0 Å². The predicted molar refractivity (Wildman–Crippen MR) is 83.0 cm³/mol. The van der Waals surface area contributed by atoms with Crippen molar-refractivity contribution in [3.05, 3.63) is 33.8 Å². The van der Waals surface area contributed by atoms with Crippen molar-refractivity contribution < 1.29 is 8.42 Å². The fraction of sp³-hybridized carbons (Fsp3) is 0.538. The summed E-state index contributed by atoms with van der Waals surface area (Å²) < 4.78 is 24.4. The van der Waals surface area contributed by atoms with E-state index in [4.69, 9.17) is 23.2 Å². The molecule has 1 aliphatic heterocycles. The third-order valence-corrected chi connectivity index (χ3v) is 5.40. The van der Waals surface area contributed by atoms with Crippen LogP contribution in [0.3, 0.4) is 0 Å². The summed E-state index contributed by atoms with van der Waals surface area (Å²) in [7, 11) is -3.06. The van der Waals surface area contributed by atoms with Crippen molar-refractivity contribution in [1.82, 2.24) is 9.21 Å². The maximum absolute atomic E-state index is 11.4. The number of halogens is 2. The average molecular weight is 337 g/mol. The molecule has 2 rings (SSSR count). The molecule has 0 aliphatic carbocycles. The van der Waals surface area contributed by atoms with E-state index in [0.717, 1.165) is 31.6 Å². The van der Waals surface area contributed by atoms with E-state index in [0.29, 0.717) is 23.1 Å². The van der Waals surface area contributed by atoms with Crippen molar-refractivity contribution >= 4 is 33.2 Å². The Bertz CT molecular complexity index is 570. The standard InChI is InChI=1S/C13H18Cl2N2O2S/c1-20(18,19)17-8-6-16(7-9-17)5-4-11-2-3-12(14)10-13(11)15/h2-3,10H,4-9H2,1H3. The molecule has 0 N–H and O–H groups in total. The van der Waals surface area contributed by atoms with E-state index in [1.54, 1.807) is 6.07 Å². The van der Waals surface area contributed by atoms with Gasteiger partial charge in [-0.2, -0.15) is 4.31 Å². The van der Waals surface area contributed by atoms with Gasteiger partial charge in [-0.15, -0.1) is 0 Å². The second kappa shape index (κ2) is 6.62. The van der Waals surface area contributed by atoms with Crippen LogP contribution in [0.15, 0.2) is 18.2 Å². The Balaban J connectivity index is 1.84. The maximum Gasteiger partial charge on any atom is 0.211 e. The van der Waals surface area contributed by atoms with Gasteiger partial charge in [-0.1, -0.05) is 29.3 Å². The Morgan fingerprint density at radius 3 is 2.35 bits per heavy atom. The number of piperazine rings is 1. The lowest BCUT2D eigenvalue weighted by atomic mass is 10.1. The fourth-order valence-electron chi connectivity index (χ4n) is 2.29. The van der Waals surface area contributed by atoms with Gasteiger partial charge in [0.1, 0.15) is 0 Å². The van der Waals surface area contributed by atoms with Crippen LogP contribution in [0, 0.1) is 0 Å². The van der Waals surface area contributed by atoms with Crippen molar-refractivity contribution in [2.24, 2.45) is 0 Å². The molecule has 1 aromatic rings. The normalized spacial score (nSPS) is 18.4. The Hall–Kier alpha value is -0.330. The van der Waals surface area contributed by atoms with Gasteiger partial charge in [0.05, 0.1) is 6.26 Å². The highest BCUT2D eigenvalue weighted by Gasteiger charge is 2.22. The van der Waals surface area contributed by atoms with E-state index in [-0.39, 0.29) is 0 Å². The van der Waals surface area contributed by atoms with Crippen LogP contribution in [0.25, 0.3) is 0 Å². The van der Waals surface area contributed by atoms with Crippen LogP contribution >= 0.6 is 23.2 Å². The minimum absolute atomic E-state index is 0.563. The first kappa shape index (κ1) is 16.0. The molecule has 20 heavy (non-hydrogen) atoms. The molecule has 4 nitrogen and oxygen atoms in total. The number of sulfonamides is 1. The molecule has 1 heterocycles. The highest BCUT2D eigenvalue weighted by Crippen LogP contribution is 2.21. The Morgan fingerprint density at radius 2 is 1.80 bits per heavy atom. The largest absolute Gasteiger partial charge is 0.300 e. The first-order valence-corrected chi connectivity index (χ1v) is 9.08. The summed E-state index contributed by atoms with van der Waals surface area (Å²) in [5.74, 6) is 0. The minimum Gasteiger partial charge on any atom is -0.300 e. The van der Waals surface area contributed by atoms with Crippen LogP contribution in [-0.4, -0.2) is 56.6 Å². The smallest absolute Gasteiger partial charge is 0.211 e. The lowest BCUT2D eigenvalue weighted by Crippen LogP contribution is -2.48. The van der Waals surface area contributed by atoms with Gasteiger partial charge in [0.2, 0.25) is 10.0 Å². The summed E-state index contributed by atoms with van der Waals surface area (Å²) in [6.07, 6.45) is 2.10. The Morgan fingerprint density at radius 1 is 1.15 bits per heavy atom. The van der Waals surface area contributed by atoms with Crippen LogP contribution in [0.4, 0.5) is 0 Å². The highest BCUT2D eigenvalue weighted by atomic mass is 35.5. The van der Waals surface area contributed by atoms with Gasteiger partial charge in [-0.25, -0.2) is 8.42 Å². The van der Waals surface area contributed by atoms with Gasteiger partial charge in [0, 0.05) is 42.8 Å². The number of benzene rings is 1. The van der Waals surface area contributed by atoms with E-state index in [9.17, 15) is 8.42 Å². The van der Waals surface area contributed by atoms with Crippen molar-refractivity contribution in [1.29, 1.82) is 0 Å². The lowest BCUT2D eigenvalue weighted by Gasteiger charge is -2.33. The first-order valence-electron chi connectivity index (χ1n) is 6.47. The van der Waals surface area contributed by atoms with Crippen LogP contribution in [0.1, 0.15) is 5.56 Å². The van der Waals surface area contributed by atoms with Crippen molar-refractivity contribution in [3.63, 3.8) is 0 Å². The maximum atomic E-state index is 11.4. The van der Waals surface area contributed by atoms with Crippen LogP contribution in [0.5, 0.6) is 0 Å².